The third kappa shape index (κ3) is 5.35. The largest absolute Gasteiger partial charge is 0.480 e. The number of aliphatic carboxylic acids is 1. The minimum absolute atomic E-state index is 0.108. The zero-order valence-electron chi connectivity index (χ0n) is 19.4. The molecule has 0 aromatic heterocycles. The molecule has 35 heavy (non-hydrogen) atoms. The van der Waals surface area contributed by atoms with Crippen LogP contribution in [0.3, 0.4) is 0 Å². The van der Waals surface area contributed by atoms with Crippen molar-refractivity contribution < 1.29 is 24.2 Å². The van der Waals surface area contributed by atoms with Crippen LogP contribution < -0.4 is 10.6 Å². The van der Waals surface area contributed by atoms with Gasteiger partial charge in [0, 0.05) is 5.92 Å². The van der Waals surface area contributed by atoms with Gasteiger partial charge in [-0.05, 0) is 34.2 Å². The molecule has 0 saturated heterocycles. The number of carboxylic acid groups (broad SMARTS) is 1. The Morgan fingerprint density at radius 3 is 2.00 bits per heavy atom. The number of carbonyl (C=O) groups excluding carboxylic acids is 2. The molecule has 0 aliphatic heterocycles. The van der Waals surface area contributed by atoms with Crippen LogP contribution in [-0.2, 0) is 14.3 Å². The normalized spacial score (nSPS) is 13.7. The van der Waals surface area contributed by atoms with E-state index in [4.69, 9.17) is 4.74 Å². The summed E-state index contributed by atoms with van der Waals surface area (Å²) in [7, 11) is 0. The van der Waals surface area contributed by atoms with Crippen LogP contribution in [0.15, 0.2) is 78.9 Å². The summed E-state index contributed by atoms with van der Waals surface area (Å²) < 4.78 is 5.60. The smallest absolute Gasteiger partial charge is 0.408 e. The van der Waals surface area contributed by atoms with Crippen molar-refractivity contribution in [1.82, 2.24) is 10.6 Å². The summed E-state index contributed by atoms with van der Waals surface area (Å²) in [6.45, 7) is 1.95. The number of benzene rings is 3. The maximum Gasteiger partial charge on any atom is 0.408 e. The Labute approximate surface area is 204 Å². The molecule has 3 aromatic carbocycles. The van der Waals surface area contributed by atoms with Gasteiger partial charge in [0.25, 0.3) is 0 Å². The van der Waals surface area contributed by atoms with Crippen LogP contribution in [-0.4, -0.2) is 35.7 Å². The highest BCUT2D eigenvalue weighted by atomic mass is 16.5. The van der Waals surface area contributed by atoms with Gasteiger partial charge in [-0.1, -0.05) is 92.2 Å². The van der Waals surface area contributed by atoms with E-state index in [-0.39, 0.29) is 18.9 Å². The number of alkyl carbamates (subject to hydrolysis) is 1. The lowest BCUT2D eigenvalue weighted by atomic mass is 9.98. The summed E-state index contributed by atoms with van der Waals surface area (Å²) in [4.78, 5) is 37.4. The number of ether oxygens (including phenoxy) is 1. The lowest BCUT2D eigenvalue weighted by molar-refractivity contribution is -0.142. The molecule has 0 fully saturated rings. The first kappa shape index (κ1) is 24.0. The fourth-order valence-electron chi connectivity index (χ4n) is 4.50. The van der Waals surface area contributed by atoms with E-state index in [1.807, 2.05) is 43.3 Å². The minimum Gasteiger partial charge on any atom is -0.480 e. The molecule has 4 rings (SSSR count). The predicted octanol–water partition coefficient (Wildman–Crippen LogP) is 4.64. The van der Waals surface area contributed by atoms with Crippen LogP contribution in [0.1, 0.15) is 48.4 Å². The first-order valence-electron chi connectivity index (χ1n) is 11.7. The second kappa shape index (κ2) is 10.9. The molecule has 180 valence electrons. The van der Waals surface area contributed by atoms with E-state index < -0.39 is 30.1 Å². The molecular formula is C28H28N2O5. The first-order valence-corrected chi connectivity index (χ1v) is 11.7. The van der Waals surface area contributed by atoms with Crippen molar-refractivity contribution in [3.8, 4) is 11.1 Å². The fraction of sp³-hybridized carbons (Fsp3) is 0.250. The summed E-state index contributed by atoms with van der Waals surface area (Å²) in [6.07, 6.45) is 0.124. The van der Waals surface area contributed by atoms with E-state index in [9.17, 15) is 19.5 Å². The topological polar surface area (TPSA) is 105 Å². The Morgan fingerprint density at radius 1 is 0.857 bits per heavy atom. The highest BCUT2D eigenvalue weighted by Gasteiger charge is 2.31. The van der Waals surface area contributed by atoms with Gasteiger partial charge in [0.1, 0.15) is 18.7 Å². The SMILES string of the molecule is CCC[C@@H](NC(=O)C(NC(=O)OCC1c2ccccc2-c2ccccc21)c1ccccc1)C(=O)O. The number of nitrogens with one attached hydrogen (secondary N) is 2. The Hall–Kier alpha value is -4.13. The fourth-order valence-corrected chi connectivity index (χ4v) is 4.50. The molecule has 3 aromatic rings. The average Bonchev–Trinajstić information content (AvgIpc) is 3.20. The zero-order chi connectivity index (χ0) is 24.8. The first-order chi connectivity index (χ1) is 17.0. The van der Waals surface area contributed by atoms with Crippen molar-refractivity contribution in [3.63, 3.8) is 0 Å². The van der Waals surface area contributed by atoms with Crippen LogP contribution >= 0.6 is 0 Å². The van der Waals surface area contributed by atoms with Gasteiger partial charge in [-0.15, -0.1) is 0 Å². The van der Waals surface area contributed by atoms with E-state index in [0.717, 1.165) is 22.3 Å². The molecule has 0 spiro atoms. The number of rotatable bonds is 9. The maximum atomic E-state index is 13.0. The van der Waals surface area contributed by atoms with Crippen LogP contribution in [0.4, 0.5) is 4.79 Å². The summed E-state index contributed by atoms with van der Waals surface area (Å²) in [6, 6.07) is 22.6. The molecule has 2 amide bonds. The summed E-state index contributed by atoms with van der Waals surface area (Å²) >= 11 is 0. The van der Waals surface area contributed by atoms with Gasteiger partial charge in [0.15, 0.2) is 0 Å². The van der Waals surface area contributed by atoms with Gasteiger partial charge in [0.2, 0.25) is 5.91 Å². The number of fused-ring (bicyclic) bond motifs is 3. The number of amides is 2. The Morgan fingerprint density at radius 2 is 1.43 bits per heavy atom. The van der Waals surface area contributed by atoms with Gasteiger partial charge in [0.05, 0.1) is 0 Å². The van der Waals surface area contributed by atoms with E-state index >= 15 is 0 Å². The highest BCUT2D eigenvalue weighted by molar-refractivity contribution is 5.90. The summed E-state index contributed by atoms with van der Waals surface area (Å²) in [5.74, 6) is -1.84. The molecule has 1 aliphatic rings. The Bertz CT molecular complexity index is 1170. The van der Waals surface area contributed by atoms with Crippen molar-refractivity contribution in [2.24, 2.45) is 0 Å². The molecular weight excluding hydrogens is 444 g/mol. The van der Waals surface area contributed by atoms with Crippen molar-refractivity contribution in [3.05, 3.63) is 95.6 Å². The number of hydrogen-bond donors (Lipinski definition) is 3. The van der Waals surface area contributed by atoms with E-state index in [2.05, 4.69) is 22.8 Å². The molecule has 0 bridgehead atoms. The van der Waals surface area contributed by atoms with Gasteiger partial charge < -0.3 is 20.5 Å². The standard InChI is InChI=1S/C28H28N2O5/c1-2-10-24(27(32)33)29-26(31)25(18-11-4-3-5-12-18)30-28(34)35-17-23-21-15-8-6-13-19(21)20-14-7-9-16-22(20)23/h3-9,11-16,23-25H,2,10,17H2,1H3,(H,29,31)(H,30,34)(H,32,33)/t24-,25?/m1/s1. The van der Waals surface area contributed by atoms with Crippen LogP contribution in [0, 0.1) is 0 Å². The monoisotopic (exact) mass is 472 g/mol. The molecule has 1 unspecified atom stereocenters. The van der Waals surface area contributed by atoms with Crippen LogP contribution in [0.2, 0.25) is 0 Å². The molecule has 7 heteroatoms. The van der Waals surface area contributed by atoms with E-state index in [0.29, 0.717) is 12.0 Å². The lowest BCUT2D eigenvalue weighted by Gasteiger charge is -2.22. The van der Waals surface area contributed by atoms with Gasteiger partial charge in [-0.3, -0.25) is 4.79 Å². The van der Waals surface area contributed by atoms with Crippen molar-refractivity contribution >= 4 is 18.0 Å². The van der Waals surface area contributed by atoms with Crippen molar-refractivity contribution in [2.45, 2.75) is 37.8 Å². The van der Waals surface area contributed by atoms with Crippen LogP contribution in [0.25, 0.3) is 11.1 Å². The summed E-state index contributed by atoms with van der Waals surface area (Å²) in [5.41, 5.74) is 4.94. The molecule has 0 heterocycles. The van der Waals surface area contributed by atoms with Gasteiger partial charge >= 0.3 is 12.1 Å². The lowest BCUT2D eigenvalue weighted by Crippen LogP contribution is -2.47. The quantitative estimate of drug-likeness (QED) is 0.421. The second-order valence-corrected chi connectivity index (χ2v) is 8.50. The highest BCUT2D eigenvalue weighted by Crippen LogP contribution is 2.44. The molecule has 0 saturated carbocycles. The maximum absolute atomic E-state index is 13.0. The second-order valence-electron chi connectivity index (χ2n) is 8.50. The summed E-state index contributed by atoms with van der Waals surface area (Å²) in [5, 5.41) is 14.6. The minimum atomic E-state index is -1.12. The molecule has 0 radical (unpaired) electrons. The van der Waals surface area contributed by atoms with Gasteiger partial charge in [-0.25, -0.2) is 9.59 Å². The number of carboxylic acids is 1. The van der Waals surface area contributed by atoms with Gasteiger partial charge in [-0.2, -0.15) is 0 Å². The third-order valence-corrected chi connectivity index (χ3v) is 6.19. The zero-order valence-corrected chi connectivity index (χ0v) is 19.4. The molecule has 7 nitrogen and oxygen atoms in total. The molecule has 2 atom stereocenters. The van der Waals surface area contributed by atoms with Crippen molar-refractivity contribution in [2.75, 3.05) is 6.61 Å². The Balaban J connectivity index is 1.48. The average molecular weight is 473 g/mol. The van der Waals surface area contributed by atoms with Crippen LogP contribution in [0.5, 0.6) is 0 Å². The number of carbonyl (C=O) groups is 3. The van der Waals surface area contributed by atoms with E-state index in [1.165, 1.54) is 0 Å². The molecule has 3 N–H and O–H groups in total. The molecule has 1 aliphatic carbocycles. The predicted molar refractivity (Wildman–Crippen MR) is 132 cm³/mol. The van der Waals surface area contributed by atoms with Crippen molar-refractivity contribution in [1.29, 1.82) is 0 Å². The third-order valence-electron chi connectivity index (χ3n) is 6.19. The van der Waals surface area contributed by atoms with E-state index in [1.54, 1.807) is 30.3 Å². The number of hydrogen-bond acceptors (Lipinski definition) is 4. The Kier molecular flexibility index (Phi) is 7.45.